The molecule has 32 heavy (non-hydrogen) atoms. The summed E-state index contributed by atoms with van der Waals surface area (Å²) < 4.78 is 5.77. The smallest absolute Gasteiger partial charge is 0.274 e. The molecule has 0 atom stereocenters. The number of piperidine rings is 1. The number of amides is 1. The quantitative estimate of drug-likeness (QED) is 0.508. The molecule has 1 fully saturated rings. The molecule has 0 saturated carbocycles. The van der Waals surface area contributed by atoms with Gasteiger partial charge in [-0.1, -0.05) is 67.9 Å². The zero-order chi connectivity index (χ0) is 22.5. The van der Waals surface area contributed by atoms with Crippen LogP contribution in [0.5, 0.6) is 0 Å². The highest BCUT2D eigenvalue weighted by atomic mass is 16.5. The van der Waals surface area contributed by atoms with Crippen molar-refractivity contribution in [2.75, 3.05) is 19.6 Å². The predicted molar refractivity (Wildman–Crippen MR) is 129 cm³/mol. The topological polar surface area (TPSA) is 58.4 Å². The second-order valence-electron chi connectivity index (χ2n) is 8.91. The molecule has 1 amide bonds. The largest absolute Gasteiger partial charge is 0.355 e. The molecular formula is C27H33N3O2. The van der Waals surface area contributed by atoms with E-state index in [2.05, 4.69) is 65.6 Å². The van der Waals surface area contributed by atoms with E-state index < -0.39 is 0 Å². The van der Waals surface area contributed by atoms with Crippen molar-refractivity contribution in [3.63, 3.8) is 0 Å². The fourth-order valence-electron chi connectivity index (χ4n) is 4.35. The summed E-state index contributed by atoms with van der Waals surface area (Å²) in [5.41, 5.74) is 5.48. The summed E-state index contributed by atoms with van der Waals surface area (Å²) in [6, 6.07) is 16.8. The molecule has 168 valence electrons. The number of rotatable bonds is 7. The zero-order valence-electron chi connectivity index (χ0n) is 19.4. The highest BCUT2D eigenvalue weighted by Gasteiger charge is 2.24. The summed E-state index contributed by atoms with van der Waals surface area (Å²) in [5.74, 6) is 0.825. The third kappa shape index (κ3) is 4.94. The molecule has 1 N–H and O–H groups in total. The first-order chi connectivity index (χ1) is 15.6. The van der Waals surface area contributed by atoms with E-state index in [1.54, 1.807) is 0 Å². The number of nitrogens with one attached hydrogen (secondary N) is 1. The first kappa shape index (κ1) is 22.3. The molecule has 5 nitrogen and oxygen atoms in total. The van der Waals surface area contributed by atoms with Gasteiger partial charge in [0, 0.05) is 18.7 Å². The first-order valence-electron chi connectivity index (χ1n) is 11.8. The van der Waals surface area contributed by atoms with Crippen molar-refractivity contribution in [3.05, 3.63) is 65.4 Å². The van der Waals surface area contributed by atoms with Gasteiger partial charge >= 0.3 is 0 Å². The summed E-state index contributed by atoms with van der Waals surface area (Å²) >= 11 is 0. The van der Waals surface area contributed by atoms with Gasteiger partial charge < -0.3 is 9.84 Å². The molecule has 4 rings (SSSR count). The van der Waals surface area contributed by atoms with E-state index in [1.807, 2.05) is 19.1 Å². The van der Waals surface area contributed by atoms with Crippen LogP contribution < -0.4 is 5.32 Å². The van der Waals surface area contributed by atoms with Crippen molar-refractivity contribution in [2.45, 2.75) is 52.5 Å². The van der Waals surface area contributed by atoms with E-state index in [0.717, 1.165) is 23.2 Å². The molecule has 0 aliphatic carbocycles. The van der Waals surface area contributed by atoms with Gasteiger partial charge in [0.25, 0.3) is 5.91 Å². The van der Waals surface area contributed by atoms with Gasteiger partial charge in [0.2, 0.25) is 0 Å². The van der Waals surface area contributed by atoms with Crippen LogP contribution in [0.15, 0.2) is 53.1 Å². The summed E-state index contributed by atoms with van der Waals surface area (Å²) in [6.07, 6.45) is 3.91. The molecule has 0 spiro atoms. The Hall–Kier alpha value is -2.92. The van der Waals surface area contributed by atoms with Crippen molar-refractivity contribution in [3.8, 4) is 22.5 Å². The molecular weight excluding hydrogens is 398 g/mol. The molecule has 1 aromatic heterocycles. The van der Waals surface area contributed by atoms with Crippen LogP contribution in [-0.2, 0) is 6.54 Å². The van der Waals surface area contributed by atoms with Crippen LogP contribution in [0.4, 0.5) is 0 Å². The van der Waals surface area contributed by atoms with E-state index in [9.17, 15) is 4.79 Å². The Morgan fingerprint density at radius 3 is 2.50 bits per heavy atom. The van der Waals surface area contributed by atoms with E-state index in [4.69, 9.17) is 4.52 Å². The lowest BCUT2D eigenvalue weighted by atomic mass is 9.95. The van der Waals surface area contributed by atoms with Crippen LogP contribution in [0.3, 0.4) is 0 Å². The molecule has 1 aliphatic heterocycles. The van der Waals surface area contributed by atoms with Crippen LogP contribution in [0.25, 0.3) is 22.5 Å². The molecule has 2 heterocycles. The number of benzene rings is 2. The number of likely N-dealkylation sites (tertiary alicyclic amines) is 1. The Labute approximate surface area is 190 Å². The third-order valence-corrected chi connectivity index (χ3v) is 6.16. The first-order valence-corrected chi connectivity index (χ1v) is 11.8. The highest BCUT2D eigenvalue weighted by Crippen LogP contribution is 2.36. The van der Waals surface area contributed by atoms with Crippen LogP contribution in [0.2, 0.25) is 0 Å². The Morgan fingerprint density at radius 1 is 1.06 bits per heavy atom. The van der Waals surface area contributed by atoms with Crippen molar-refractivity contribution < 1.29 is 9.32 Å². The van der Waals surface area contributed by atoms with Gasteiger partial charge in [-0.15, -0.1) is 0 Å². The normalized spacial score (nSPS) is 14.6. The van der Waals surface area contributed by atoms with E-state index in [1.165, 1.54) is 43.5 Å². The van der Waals surface area contributed by atoms with Gasteiger partial charge in [-0.3, -0.25) is 9.69 Å². The highest BCUT2D eigenvalue weighted by molar-refractivity contribution is 6.02. The Bertz CT molecular complexity index is 1050. The zero-order valence-corrected chi connectivity index (χ0v) is 19.4. The molecule has 1 saturated heterocycles. The van der Waals surface area contributed by atoms with Crippen molar-refractivity contribution in [2.24, 2.45) is 0 Å². The van der Waals surface area contributed by atoms with Gasteiger partial charge in [-0.05, 0) is 61.5 Å². The number of nitrogens with zero attached hydrogens (tertiary/aromatic N) is 2. The monoisotopic (exact) mass is 431 g/mol. The minimum absolute atomic E-state index is 0.213. The number of hydrogen-bond donors (Lipinski definition) is 1. The average molecular weight is 432 g/mol. The van der Waals surface area contributed by atoms with Crippen molar-refractivity contribution in [1.29, 1.82) is 0 Å². The molecule has 5 heteroatoms. The molecule has 1 aliphatic rings. The summed E-state index contributed by atoms with van der Waals surface area (Å²) in [7, 11) is 0. The fraction of sp³-hybridized carbons (Fsp3) is 0.407. The third-order valence-electron chi connectivity index (χ3n) is 6.16. The van der Waals surface area contributed by atoms with Gasteiger partial charge in [0.15, 0.2) is 11.5 Å². The van der Waals surface area contributed by atoms with Gasteiger partial charge in [0.1, 0.15) is 0 Å². The maximum Gasteiger partial charge on any atom is 0.274 e. The number of carbonyl (C=O) groups excluding carboxylic acids is 1. The van der Waals surface area contributed by atoms with Gasteiger partial charge in [-0.25, -0.2) is 0 Å². The number of hydrogen-bond acceptors (Lipinski definition) is 4. The van der Waals surface area contributed by atoms with Gasteiger partial charge in [0.05, 0.1) is 5.56 Å². The molecule has 3 aromatic rings. The van der Waals surface area contributed by atoms with Crippen LogP contribution in [0, 0.1) is 0 Å². The maximum absolute atomic E-state index is 12.7. The minimum atomic E-state index is -0.213. The number of aromatic nitrogens is 1. The lowest BCUT2D eigenvalue weighted by Crippen LogP contribution is -2.29. The molecule has 0 bridgehead atoms. The lowest BCUT2D eigenvalue weighted by molar-refractivity contribution is 0.0947. The summed E-state index contributed by atoms with van der Waals surface area (Å²) in [6.45, 7) is 10.1. The Morgan fingerprint density at radius 2 is 1.81 bits per heavy atom. The van der Waals surface area contributed by atoms with Crippen LogP contribution in [-0.4, -0.2) is 35.6 Å². The van der Waals surface area contributed by atoms with E-state index in [0.29, 0.717) is 23.9 Å². The Kier molecular flexibility index (Phi) is 7.05. The second kappa shape index (κ2) is 10.1. The summed E-state index contributed by atoms with van der Waals surface area (Å²) in [4.78, 5) is 15.3. The standard InChI is InChI=1S/C27H33N3O2/c1-4-28-27(31)25-24(26(32-29-25)23-10-8-9-22(17-23)19(2)3)21-13-11-20(12-14-21)18-30-15-6-5-7-16-30/h8-14,17,19H,4-7,15-16,18H2,1-3H3,(H,28,31). The summed E-state index contributed by atoms with van der Waals surface area (Å²) in [5, 5.41) is 7.05. The van der Waals surface area contributed by atoms with Crippen molar-refractivity contribution in [1.82, 2.24) is 15.4 Å². The number of carbonyl (C=O) groups is 1. The second-order valence-corrected chi connectivity index (χ2v) is 8.91. The Balaban J connectivity index is 1.70. The maximum atomic E-state index is 12.7. The minimum Gasteiger partial charge on any atom is -0.355 e. The van der Waals surface area contributed by atoms with Crippen LogP contribution >= 0.6 is 0 Å². The molecule has 0 unspecified atom stereocenters. The van der Waals surface area contributed by atoms with E-state index in [-0.39, 0.29) is 5.91 Å². The fourth-order valence-corrected chi connectivity index (χ4v) is 4.35. The molecule has 2 aromatic carbocycles. The van der Waals surface area contributed by atoms with Crippen molar-refractivity contribution >= 4 is 5.91 Å². The van der Waals surface area contributed by atoms with Gasteiger partial charge in [-0.2, -0.15) is 0 Å². The van der Waals surface area contributed by atoms with Crippen LogP contribution in [0.1, 0.15) is 67.6 Å². The lowest BCUT2D eigenvalue weighted by Gasteiger charge is -2.26. The SMILES string of the molecule is CCNC(=O)c1noc(-c2cccc(C(C)C)c2)c1-c1ccc(CN2CCCCC2)cc1. The van der Waals surface area contributed by atoms with E-state index >= 15 is 0 Å². The molecule has 0 radical (unpaired) electrons. The predicted octanol–water partition coefficient (Wildman–Crippen LogP) is 5.87. The average Bonchev–Trinajstić information content (AvgIpc) is 3.26.